The Kier molecular flexibility index (Phi) is 9.28. The maximum Gasteiger partial charge on any atom is 0.242 e. The molecule has 0 saturated carbocycles. The highest BCUT2D eigenvalue weighted by atomic mass is 16.2. The zero-order chi connectivity index (χ0) is 29.4. The summed E-state index contributed by atoms with van der Waals surface area (Å²) in [5.41, 5.74) is 16.3. The van der Waals surface area contributed by atoms with Crippen LogP contribution in [0.5, 0.6) is 0 Å². The lowest BCUT2D eigenvalue weighted by Crippen LogP contribution is -2.37. The summed E-state index contributed by atoms with van der Waals surface area (Å²) < 4.78 is 3.27. The van der Waals surface area contributed by atoms with Crippen molar-refractivity contribution in [2.45, 2.75) is 12.5 Å². The number of aromatic nitrogens is 6. The lowest BCUT2D eigenvalue weighted by molar-refractivity contribution is -0.117. The van der Waals surface area contributed by atoms with Crippen LogP contribution in [0.2, 0.25) is 0 Å². The van der Waals surface area contributed by atoms with E-state index in [1.807, 2.05) is 87.9 Å². The number of nitrogens with zero attached hydrogens (tertiary/aromatic N) is 6. The fraction of sp³-hybridized carbons (Fsp3) is 0.207. The van der Waals surface area contributed by atoms with Gasteiger partial charge in [0.05, 0.1) is 17.4 Å². The minimum atomic E-state index is -0.632. The monoisotopic (exact) mass is 553 g/mol. The molecule has 7 N–H and O–H groups in total. The number of carbonyl (C=O) groups excluding carboxylic acids is 1. The first-order chi connectivity index (χ1) is 19.8. The number of nitrogens with one attached hydrogen (secondary N) is 3. The summed E-state index contributed by atoms with van der Waals surface area (Å²) in [6.07, 6.45) is 3.93. The molecule has 0 aliphatic heterocycles. The third-order valence-corrected chi connectivity index (χ3v) is 6.31. The summed E-state index contributed by atoms with van der Waals surface area (Å²) >= 11 is 0. The van der Waals surface area contributed by atoms with Crippen LogP contribution in [0.3, 0.4) is 0 Å². The fourth-order valence-electron chi connectivity index (χ4n) is 3.98. The Morgan fingerprint density at radius 3 is 1.93 bits per heavy atom. The third kappa shape index (κ3) is 7.46. The Labute approximate surface area is 238 Å². The summed E-state index contributed by atoms with van der Waals surface area (Å²) in [6, 6.07) is 20.4. The molecule has 1 amide bonds. The normalized spacial score (nSPS) is 11.2. The molecule has 4 heterocycles. The zero-order valence-electron chi connectivity index (χ0n) is 23.5. The number of nitrogens with two attached hydrogens (primary N) is 2. The molecule has 1 aromatic carbocycles. The second kappa shape index (κ2) is 13.2. The molecule has 0 radical (unpaired) electrons. The summed E-state index contributed by atoms with van der Waals surface area (Å²) in [4.78, 5) is 20.7. The number of pyridine rings is 2. The number of benzene rings is 1. The van der Waals surface area contributed by atoms with Crippen LogP contribution in [-0.2, 0) is 25.3 Å². The largest absolute Gasteiger partial charge is 0.384 e. The smallest absolute Gasteiger partial charge is 0.242 e. The summed E-state index contributed by atoms with van der Waals surface area (Å²) in [5.74, 6) is 2.57. The van der Waals surface area contributed by atoms with Gasteiger partial charge >= 0.3 is 0 Å². The average molecular weight is 554 g/mol. The van der Waals surface area contributed by atoms with Crippen LogP contribution < -0.4 is 27.4 Å². The number of nitrogen functional groups attached to an aromatic ring is 1. The van der Waals surface area contributed by atoms with Crippen LogP contribution in [0.25, 0.3) is 22.5 Å². The van der Waals surface area contributed by atoms with Crippen molar-refractivity contribution in [3.05, 3.63) is 84.7 Å². The molecule has 0 aliphatic carbocycles. The Bertz CT molecular complexity index is 1570. The predicted octanol–water partition coefficient (Wildman–Crippen LogP) is 3.14. The fourth-order valence-corrected chi connectivity index (χ4v) is 3.98. The van der Waals surface area contributed by atoms with Gasteiger partial charge < -0.3 is 27.4 Å². The maximum atomic E-state index is 12.4. The van der Waals surface area contributed by atoms with E-state index in [-0.39, 0.29) is 5.91 Å². The molecule has 0 spiro atoms. The molecule has 0 bridgehead atoms. The summed E-state index contributed by atoms with van der Waals surface area (Å²) in [6.45, 7) is 0. The third-order valence-electron chi connectivity index (χ3n) is 6.31. The van der Waals surface area contributed by atoms with E-state index in [1.54, 1.807) is 28.8 Å². The van der Waals surface area contributed by atoms with Gasteiger partial charge in [0.2, 0.25) is 5.91 Å². The van der Waals surface area contributed by atoms with E-state index in [0.717, 1.165) is 39.7 Å². The number of hydrogen-bond acceptors (Lipinski definition) is 9. The summed E-state index contributed by atoms with van der Waals surface area (Å²) in [7, 11) is 7.24. The van der Waals surface area contributed by atoms with Crippen molar-refractivity contribution in [1.29, 1.82) is 0 Å². The van der Waals surface area contributed by atoms with Crippen LogP contribution in [0.1, 0.15) is 5.56 Å². The van der Waals surface area contributed by atoms with Crippen molar-refractivity contribution in [3.63, 3.8) is 0 Å². The highest BCUT2D eigenvalue weighted by molar-refractivity contribution is 5.94. The van der Waals surface area contributed by atoms with Crippen molar-refractivity contribution in [3.8, 4) is 22.5 Å². The number of aryl methyl sites for hydroxylation is 2. The van der Waals surface area contributed by atoms with E-state index in [0.29, 0.717) is 18.1 Å². The number of amides is 1. The van der Waals surface area contributed by atoms with Crippen molar-refractivity contribution >= 4 is 29.2 Å². The van der Waals surface area contributed by atoms with Crippen molar-refractivity contribution in [1.82, 2.24) is 29.5 Å². The Hall–Kier alpha value is -5.23. The molecular weight excluding hydrogens is 518 g/mol. The predicted molar refractivity (Wildman–Crippen MR) is 163 cm³/mol. The molecule has 41 heavy (non-hydrogen) atoms. The van der Waals surface area contributed by atoms with Gasteiger partial charge in [-0.25, -0.2) is 9.97 Å². The van der Waals surface area contributed by atoms with E-state index in [9.17, 15) is 4.79 Å². The van der Waals surface area contributed by atoms with E-state index in [2.05, 4.69) is 36.1 Å². The van der Waals surface area contributed by atoms with E-state index in [4.69, 9.17) is 11.5 Å². The van der Waals surface area contributed by atoms with Gasteiger partial charge in [0.15, 0.2) is 0 Å². The minimum absolute atomic E-state index is 0.242. The van der Waals surface area contributed by atoms with E-state index in [1.165, 1.54) is 0 Å². The molecule has 0 aliphatic rings. The van der Waals surface area contributed by atoms with Crippen molar-refractivity contribution in [2.75, 3.05) is 35.8 Å². The lowest BCUT2D eigenvalue weighted by atomic mass is 10.1. The van der Waals surface area contributed by atoms with E-state index >= 15 is 0 Å². The molecular formula is C29H35N11O. The first-order valence-corrected chi connectivity index (χ1v) is 13.0. The number of anilines is 4. The molecule has 12 heteroatoms. The van der Waals surface area contributed by atoms with Gasteiger partial charge in [0.1, 0.15) is 23.3 Å². The first-order valence-electron chi connectivity index (χ1n) is 13.0. The quantitative estimate of drug-likeness (QED) is 0.194. The second-order valence-electron chi connectivity index (χ2n) is 9.26. The van der Waals surface area contributed by atoms with Gasteiger partial charge in [-0.05, 0) is 36.2 Å². The molecule has 212 valence electrons. The lowest BCUT2D eigenvalue weighted by Gasteiger charge is -2.12. The molecule has 5 rings (SSSR count). The zero-order valence-corrected chi connectivity index (χ0v) is 23.5. The Morgan fingerprint density at radius 1 is 0.829 bits per heavy atom. The topological polar surface area (TPSA) is 167 Å². The number of hydrogen-bond donors (Lipinski definition) is 5. The molecule has 0 saturated heterocycles. The molecule has 4 aromatic heterocycles. The second-order valence-corrected chi connectivity index (χ2v) is 9.26. The Balaban J connectivity index is 0.000000218. The molecule has 5 aromatic rings. The maximum absolute atomic E-state index is 12.4. The van der Waals surface area contributed by atoms with Crippen LogP contribution in [-0.4, -0.2) is 55.6 Å². The van der Waals surface area contributed by atoms with Gasteiger partial charge in [-0.15, -0.1) is 0 Å². The first kappa shape index (κ1) is 28.8. The van der Waals surface area contributed by atoms with Gasteiger partial charge in [-0.2, -0.15) is 10.2 Å². The van der Waals surface area contributed by atoms with Gasteiger partial charge in [0.25, 0.3) is 0 Å². The van der Waals surface area contributed by atoms with Gasteiger partial charge in [0, 0.05) is 63.8 Å². The molecule has 0 unspecified atom stereocenters. The summed E-state index contributed by atoms with van der Waals surface area (Å²) in [5, 5.41) is 17.6. The van der Waals surface area contributed by atoms with E-state index < -0.39 is 6.04 Å². The van der Waals surface area contributed by atoms with Crippen LogP contribution in [0.15, 0.2) is 79.1 Å². The molecule has 12 nitrogen and oxygen atoms in total. The minimum Gasteiger partial charge on any atom is -0.384 e. The van der Waals surface area contributed by atoms with Crippen LogP contribution in [0.4, 0.5) is 23.3 Å². The van der Waals surface area contributed by atoms with Crippen molar-refractivity contribution < 1.29 is 4.79 Å². The molecule has 1 atom stereocenters. The van der Waals surface area contributed by atoms with Gasteiger partial charge in [-0.3, -0.25) is 14.2 Å². The van der Waals surface area contributed by atoms with Crippen LogP contribution >= 0.6 is 0 Å². The number of carbonyl (C=O) groups is 1. The number of rotatable bonds is 8. The Morgan fingerprint density at radius 2 is 1.39 bits per heavy atom. The molecule has 0 fully saturated rings. The highest BCUT2D eigenvalue weighted by Gasteiger charge is 2.17. The van der Waals surface area contributed by atoms with Crippen molar-refractivity contribution in [2.24, 2.45) is 19.8 Å². The highest BCUT2D eigenvalue weighted by Crippen LogP contribution is 2.23. The SMILES string of the molecule is CNc1cc(-c2cc(N)n(C)n2)ccn1.CNc1cc(-c2cc(NC(=O)[C@@H](N)Cc3ccccc3)n(C)n2)ccn1. The standard InChI is InChI=1S/C19H22N6O.C10H13N5/c1-21-17-11-14(8-9-22-17)16-12-18(25(2)24-16)23-19(26)15(20)10-13-6-4-3-5-7-13;1-12-10-5-7(3-4-13-10)8-6-9(11)15(2)14-8/h3-9,11-12,15H,10,20H2,1-2H3,(H,21,22)(H,23,26);3-6H,11H2,1-2H3,(H,12,13)/t15-;/m0./s1. The van der Waals surface area contributed by atoms with Crippen LogP contribution in [0, 0.1) is 0 Å². The average Bonchev–Trinajstić information content (AvgIpc) is 3.54. The van der Waals surface area contributed by atoms with Gasteiger partial charge in [-0.1, -0.05) is 30.3 Å².